The summed E-state index contributed by atoms with van der Waals surface area (Å²) in [7, 11) is -1.15. The van der Waals surface area contributed by atoms with E-state index in [-0.39, 0.29) is 17.2 Å². The summed E-state index contributed by atoms with van der Waals surface area (Å²) in [5.74, 6) is 0.277. The fraction of sp³-hybridized carbons (Fsp3) is 0.588. The van der Waals surface area contributed by atoms with Gasteiger partial charge in [-0.15, -0.1) is 0 Å². The molecule has 4 atom stereocenters. The minimum absolute atomic E-state index is 0.140. The number of fused-ring (bicyclic) bond motifs is 5. The molecule has 4 unspecified atom stereocenters. The molecule has 0 saturated carbocycles. The number of Topliss-reactive ketones (excluding diaryl/α,β-unsaturated/α-hetero) is 1. The van der Waals surface area contributed by atoms with E-state index >= 15 is 0 Å². The van der Waals surface area contributed by atoms with Gasteiger partial charge in [0.2, 0.25) is 0 Å². The molecule has 1 aromatic carbocycles. The van der Waals surface area contributed by atoms with Gasteiger partial charge in [0, 0.05) is 17.8 Å². The van der Waals surface area contributed by atoms with Gasteiger partial charge in [0.25, 0.3) is 0 Å². The van der Waals surface area contributed by atoms with Crippen molar-refractivity contribution in [2.24, 2.45) is 5.41 Å². The van der Waals surface area contributed by atoms with E-state index in [1.54, 1.807) is 0 Å². The molecule has 2 fully saturated rings. The monoisotopic (exact) mass is 316 g/mol. The number of benzene rings is 1. The number of hydrogen-bond acceptors (Lipinski definition) is 4. The number of carbonyl (C=O) groups excluding carboxylic acids is 1. The third-order valence-electron chi connectivity index (χ3n) is 5.36. The molecule has 118 valence electrons. The Hall–Kier alpha value is -1.17. The number of carbonyl (C=O) groups is 1. The molecule has 3 aliphatic rings. The fourth-order valence-electron chi connectivity index (χ4n) is 4.62. The number of hydrogen-bond donors (Lipinski definition) is 0. The standard InChI is InChI=1S/C17H24N2O2Si/c1-16(2,3)17-14-13(19(14)21-22(4)5)10-18(17)12-9-7-6-8-11(12)15(17)20/h6-9,13-14,22H,10H2,1-5H3. The molecule has 22 heavy (non-hydrogen) atoms. The second-order valence-corrected chi connectivity index (χ2v) is 10.3. The maximum atomic E-state index is 13.4. The first-order chi connectivity index (χ1) is 10.3. The molecule has 4 rings (SSSR count). The van der Waals surface area contributed by atoms with Gasteiger partial charge in [-0.25, -0.2) is 0 Å². The van der Waals surface area contributed by atoms with Crippen LogP contribution in [0.15, 0.2) is 24.3 Å². The summed E-state index contributed by atoms with van der Waals surface area (Å²) in [6, 6.07) is 8.63. The van der Waals surface area contributed by atoms with Crippen LogP contribution in [0.4, 0.5) is 5.69 Å². The number of piperazine rings is 1. The van der Waals surface area contributed by atoms with Gasteiger partial charge in [-0.3, -0.25) is 4.79 Å². The highest BCUT2D eigenvalue weighted by atomic mass is 28.3. The Bertz CT molecular complexity index is 654. The van der Waals surface area contributed by atoms with Crippen molar-refractivity contribution in [3.63, 3.8) is 0 Å². The predicted octanol–water partition coefficient (Wildman–Crippen LogP) is 2.46. The zero-order chi connectivity index (χ0) is 15.9. The van der Waals surface area contributed by atoms with Gasteiger partial charge in [-0.05, 0) is 30.6 Å². The molecule has 0 amide bonds. The maximum Gasteiger partial charge on any atom is 0.199 e. The Balaban J connectivity index is 1.82. The summed E-state index contributed by atoms with van der Waals surface area (Å²) in [5, 5.41) is 2.13. The maximum absolute atomic E-state index is 13.4. The molecule has 3 heterocycles. The Morgan fingerprint density at radius 1 is 1.27 bits per heavy atom. The molecular formula is C17H24N2O2Si. The van der Waals surface area contributed by atoms with Crippen LogP contribution in [0, 0.1) is 5.41 Å². The van der Waals surface area contributed by atoms with Gasteiger partial charge >= 0.3 is 0 Å². The predicted molar refractivity (Wildman–Crippen MR) is 89.7 cm³/mol. The van der Waals surface area contributed by atoms with Crippen LogP contribution in [0.25, 0.3) is 0 Å². The zero-order valence-corrected chi connectivity index (χ0v) is 15.1. The van der Waals surface area contributed by atoms with Crippen molar-refractivity contribution in [1.82, 2.24) is 5.06 Å². The lowest BCUT2D eigenvalue weighted by atomic mass is 9.69. The summed E-state index contributed by atoms with van der Waals surface area (Å²) in [4.78, 5) is 15.8. The van der Waals surface area contributed by atoms with Gasteiger partial charge in [0.1, 0.15) is 5.54 Å². The van der Waals surface area contributed by atoms with E-state index < -0.39 is 14.6 Å². The molecule has 0 spiro atoms. The molecule has 0 aliphatic carbocycles. The molecule has 2 saturated heterocycles. The van der Waals surface area contributed by atoms with Crippen molar-refractivity contribution < 1.29 is 9.32 Å². The second kappa shape index (κ2) is 4.22. The highest BCUT2D eigenvalue weighted by Gasteiger charge is 2.77. The minimum atomic E-state index is -1.15. The molecule has 4 nitrogen and oxygen atoms in total. The van der Waals surface area contributed by atoms with Crippen molar-refractivity contribution >= 4 is 20.5 Å². The smallest absolute Gasteiger partial charge is 0.199 e. The Morgan fingerprint density at radius 3 is 2.59 bits per heavy atom. The van der Waals surface area contributed by atoms with E-state index in [4.69, 9.17) is 4.53 Å². The number of rotatable bonds is 2. The topological polar surface area (TPSA) is 32.5 Å². The summed E-state index contributed by atoms with van der Waals surface area (Å²) in [6.07, 6.45) is 0. The average Bonchev–Trinajstić information content (AvgIpc) is 2.85. The van der Waals surface area contributed by atoms with Crippen LogP contribution in [0.3, 0.4) is 0 Å². The van der Waals surface area contributed by atoms with E-state index in [0.717, 1.165) is 17.8 Å². The Kier molecular flexibility index (Phi) is 2.76. The van der Waals surface area contributed by atoms with Crippen molar-refractivity contribution in [3.8, 4) is 0 Å². The number of anilines is 1. The van der Waals surface area contributed by atoms with Gasteiger partial charge in [-0.2, -0.15) is 5.06 Å². The lowest BCUT2D eigenvalue weighted by Crippen LogP contribution is -2.62. The first-order valence-corrected chi connectivity index (χ1v) is 10.9. The Labute approximate surface area is 133 Å². The molecule has 0 aromatic heterocycles. The van der Waals surface area contributed by atoms with Gasteiger partial charge in [0.05, 0.1) is 12.1 Å². The fourth-order valence-corrected chi connectivity index (χ4v) is 5.39. The average molecular weight is 316 g/mol. The van der Waals surface area contributed by atoms with Gasteiger partial charge in [0.15, 0.2) is 14.8 Å². The van der Waals surface area contributed by atoms with Gasteiger partial charge in [-0.1, -0.05) is 32.9 Å². The Morgan fingerprint density at radius 2 is 1.95 bits per heavy atom. The second-order valence-electron chi connectivity index (χ2n) is 8.00. The number of para-hydroxylation sites is 1. The summed E-state index contributed by atoms with van der Waals surface area (Å²) in [6.45, 7) is 11.8. The third kappa shape index (κ3) is 1.52. The van der Waals surface area contributed by atoms with Crippen LogP contribution in [0.5, 0.6) is 0 Å². The van der Waals surface area contributed by atoms with Crippen LogP contribution in [-0.4, -0.2) is 44.1 Å². The van der Waals surface area contributed by atoms with E-state index in [0.29, 0.717) is 6.04 Å². The van der Waals surface area contributed by atoms with Crippen LogP contribution in [0.1, 0.15) is 31.1 Å². The molecule has 1 aromatic rings. The van der Waals surface area contributed by atoms with Crippen molar-refractivity contribution in [1.29, 1.82) is 0 Å². The van der Waals surface area contributed by atoms with Crippen LogP contribution in [-0.2, 0) is 4.53 Å². The molecule has 0 N–H and O–H groups in total. The summed E-state index contributed by atoms with van der Waals surface area (Å²) >= 11 is 0. The lowest BCUT2D eigenvalue weighted by Gasteiger charge is -2.46. The van der Waals surface area contributed by atoms with E-state index in [1.165, 1.54) is 0 Å². The van der Waals surface area contributed by atoms with Crippen LogP contribution in [0.2, 0.25) is 13.1 Å². The first-order valence-electron chi connectivity index (χ1n) is 8.16. The van der Waals surface area contributed by atoms with Crippen molar-refractivity contribution in [3.05, 3.63) is 29.8 Å². The molecule has 0 bridgehead atoms. The highest BCUT2D eigenvalue weighted by Crippen LogP contribution is 2.61. The number of nitrogens with zero attached hydrogens (tertiary/aromatic N) is 2. The van der Waals surface area contributed by atoms with Crippen LogP contribution < -0.4 is 4.90 Å². The molecule has 3 aliphatic heterocycles. The molecular weight excluding hydrogens is 292 g/mol. The van der Waals surface area contributed by atoms with Crippen molar-refractivity contribution in [2.75, 3.05) is 11.4 Å². The lowest BCUT2D eigenvalue weighted by molar-refractivity contribution is 0.00251. The number of ketones is 1. The van der Waals surface area contributed by atoms with Gasteiger partial charge < -0.3 is 9.43 Å². The van der Waals surface area contributed by atoms with Crippen molar-refractivity contribution in [2.45, 2.75) is 51.5 Å². The quantitative estimate of drug-likeness (QED) is 0.620. The van der Waals surface area contributed by atoms with E-state index in [9.17, 15) is 4.79 Å². The van der Waals surface area contributed by atoms with E-state index in [2.05, 4.69) is 49.9 Å². The van der Waals surface area contributed by atoms with E-state index in [1.807, 2.05) is 18.2 Å². The zero-order valence-electron chi connectivity index (χ0n) is 14.0. The number of hydroxylamine groups is 2. The molecule has 0 radical (unpaired) electrons. The largest absolute Gasteiger partial charge is 0.354 e. The highest BCUT2D eigenvalue weighted by molar-refractivity contribution is 6.48. The third-order valence-corrected chi connectivity index (χ3v) is 6.03. The first kappa shape index (κ1) is 14.4. The minimum Gasteiger partial charge on any atom is -0.354 e. The SMILES string of the molecule is C[SiH](C)ON1C2CN3c4ccccc4C(=O)C3(C(C)(C)C)C21. The van der Waals surface area contributed by atoms with Crippen LogP contribution >= 0.6 is 0 Å². The summed E-state index contributed by atoms with van der Waals surface area (Å²) < 4.78 is 6.10. The summed E-state index contributed by atoms with van der Waals surface area (Å²) in [5.41, 5.74) is 1.37. The normalized spacial score (nSPS) is 35.6. The molecule has 5 heteroatoms.